The van der Waals surface area contributed by atoms with Crippen LogP contribution < -0.4 is 4.74 Å². The molecule has 0 bridgehead atoms. The molecule has 5 heteroatoms. The highest BCUT2D eigenvalue weighted by molar-refractivity contribution is 6.22. The number of hydrogen-bond acceptors (Lipinski definition) is 4. The predicted molar refractivity (Wildman–Crippen MR) is 62.8 cm³/mol. The van der Waals surface area contributed by atoms with Gasteiger partial charge in [0, 0.05) is 0 Å². The number of rotatable bonds is 5. The third-order valence-electron chi connectivity index (χ3n) is 1.95. The van der Waals surface area contributed by atoms with Crippen molar-refractivity contribution in [2.24, 2.45) is 0 Å². The van der Waals surface area contributed by atoms with E-state index in [0.29, 0.717) is 17.9 Å². The molecule has 0 radical (unpaired) electrons. The van der Waals surface area contributed by atoms with Gasteiger partial charge >= 0.3 is 5.97 Å². The summed E-state index contributed by atoms with van der Waals surface area (Å²) < 4.78 is 9.90. The largest absolute Gasteiger partial charge is 0.482 e. The van der Waals surface area contributed by atoms with Gasteiger partial charge in [-0.3, -0.25) is 0 Å². The molecular formula is C12H12ClNO3. The smallest absolute Gasteiger partial charge is 0.344 e. The zero-order valence-electron chi connectivity index (χ0n) is 9.35. The van der Waals surface area contributed by atoms with E-state index in [2.05, 4.69) is 0 Å². The van der Waals surface area contributed by atoms with E-state index in [0.717, 1.165) is 0 Å². The van der Waals surface area contributed by atoms with Crippen LogP contribution in [-0.4, -0.2) is 19.2 Å². The third kappa shape index (κ3) is 4.33. The normalized spacial score (nSPS) is 11.4. The molecule has 1 rings (SSSR count). The van der Waals surface area contributed by atoms with Crippen LogP contribution in [0, 0.1) is 11.3 Å². The molecule has 0 aliphatic heterocycles. The monoisotopic (exact) mass is 253 g/mol. The topological polar surface area (TPSA) is 59.3 Å². The number of carbonyl (C=O) groups excluding carboxylic acids is 1. The molecule has 0 aliphatic carbocycles. The number of carbonyl (C=O) groups is 1. The van der Waals surface area contributed by atoms with Crippen molar-refractivity contribution < 1.29 is 14.3 Å². The average molecular weight is 254 g/mol. The van der Waals surface area contributed by atoms with Gasteiger partial charge < -0.3 is 9.47 Å². The number of benzene rings is 1. The first-order chi connectivity index (χ1) is 8.17. The minimum Gasteiger partial charge on any atom is -0.482 e. The Kier molecular flexibility index (Phi) is 5.31. The van der Waals surface area contributed by atoms with Crippen molar-refractivity contribution >= 4 is 17.6 Å². The maximum absolute atomic E-state index is 11.0. The summed E-state index contributed by atoms with van der Waals surface area (Å²) >= 11 is 5.74. The third-order valence-corrected chi connectivity index (χ3v) is 2.30. The number of halogens is 1. The van der Waals surface area contributed by atoms with Gasteiger partial charge in [0.2, 0.25) is 0 Å². The number of ether oxygens (including phenoxy) is 2. The molecule has 0 aromatic heterocycles. The molecule has 17 heavy (non-hydrogen) atoms. The quantitative estimate of drug-likeness (QED) is 0.597. The summed E-state index contributed by atoms with van der Waals surface area (Å²) in [5.41, 5.74) is 0.692. The van der Waals surface area contributed by atoms with Gasteiger partial charge in [-0.25, -0.2) is 4.79 Å². The van der Waals surface area contributed by atoms with Gasteiger partial charge in [-0.1, -0.05) is 12.1 Å². The number of alkyl halides is 1. The Morgan fingerprint density at radius 2 is 2.12 bits per heavy atom. The van der Waals surface area contributed by atoms with Crippen LogP contribution in [0.15, 0.2) is 24.3 Å². The zero-order valence-corrected chi connectivity index (χ0v) is 10.1. The lowest BCUT2D eigenvalue weighted by molar-refractivity contribution is -0.145. The van der Waals surface area contributed by atoms with E-state index in [1.807, 2.05) is 6.07 Å². The van der Waals surface area contributed by atoms with E-state index in [-0.39, 0.29) is 6.61 Å². The Labute approximate surface area is 105 Å². The Morgan fingerprint density at radius 1 is 1.47 bits per heavy atom. The zero-order chi connectivity index (χ0) is 12.7. The predicted octanol–water partition coefficient (Wildman–Crippen LogP) is 2.43. The van der Waals surface area contributed by atoms with Crippen LogP contribution in [-0.2, 0) is 9.53 Å². The summed E-state index contributed by atoms with van der Waals surface area (Å²) in [5.74, 6) is 0.118. The van der Waals surface area contributed by atoms with Crippen LogP contribution in [0.1, 0.15) is 17.9 Å². The van der Waals surface area contributed by atoms with Crippen LogP contribution in [0.2, 0.25) is 0 Å². The second kappa shape index (κ2) is 6.77. The lowest BCUT2D eigenvalue weighted by Gasteiger charge is -2.06. The minimum absolute atomic E-state index is 0.129. The molecule has 0 spiro atoms. The second-order valence-corrected chi connectivity index (χ2v) is 3.59. The summed E-state index contributed by atoms with van der Waals surface area (Å²) in [4.78, 5) is 11.0. The lowest BCUT2D eigenvalue weighted by atomic mass is 10.1. The van der Waals surface area contributed by atoms with E-state index in [9.17, 15) is 4.79 Å². The first-order valence-corrected chi connectivity index (χ1v) is 5.53. The first kappa shape index (κ1) is 13.3. The summed E-state index contributed by atoms with van der Waals surface area (Å²) in [7, 11) is 0. The molecule has 0 fully saturated rings. The van der Waals surface area contributed by atoms with Gasteiger partial charge in [0.1, 0.15) is 11.1 Å². The molecular weight excluding hydrogens is 242 g/mol. The molecule has 1 aromatic carbocycles. The number of hydrogen-bond donors (Lipinski definition) is 0. The highest BCUT2D eigenvalue weighted by Gasteiger charge is 2.07. The molecule has 0 saturated heterocycles. The van der Waals surface area contributed by atoms with E-state index < -0.39 is 11.3 Å². The summed E-state index contributed by atoms with van der Waals surface area (Å²) in [6.45, 7) is 1.93. The SMILES string of the molecule is CCOC(=O)COc1ccc(C(Cl)C#N)cc1. The Balaban J connectivity index is 2.52. The molecule has 0 heterocycles. The van der Waals surface area contributed by atoms with Gasteiger partial charge in [0.15, 0.2) is 6.61 Å². The Bertz CT molecular complexity index is 411. The average Bonchev–Trinajstić information content (AvgIpc) is 2.36. The highest BCUT2D eigenvalue weighted by atomic mass is 35.5. The van der Waals surface area contributed by atoms with Crippen LogP contribution in [0.25, 0.3) is 0 Å². The molecule has 1 aromatic rings. The van der Waals surface area contributed by atoms with E-state index in [1.54, 1.807) is 31.2 Å². The van der Waals surface area contributed by atoms with E-state index in [1.165, 1.54) is 0 Å². The minimum atomic E-state index is -0.672. The van der Waals surface area contributed by atoms with E-state index in [4.69, 9.17) is 26.3 Å². The van der Waals surface area contributed by atoms with Gasteiger partial charge in [0.05, 0.1) is 12.7 Å². The maximum Gasteiger partial charge on any atom is 0.344 e. The van der Waals surface area contributed by atoms with Crippen LogP contribution in [0.5, 0.6) is 5.75 Å². The van der Waals surface area contributed by atoms with Crippen molar-refractivity contribution in [3.05, 3.63) is 29.8 Å². The van der Waals surface area contributed by atoms with Crippen LogP contribution in [0.3, 0.4) is 0 Å². The molecule has 4 nitrogen and oxygen atoms in total. The van der Waals surface area contributed by atoms with Crippen molar-refractivity contribution in [3.63, 3.8) is 0 Å². The van der Waals surface area contributed by atoms with Gasteiger partial charge in [0.25, 0.3) is 0 Å². The summed E-state index contributed by atoms with van der Waals surface area (Å²) in [6, 6.07) is 8.59. The van der Waals surface area contributed by atoms with E-state index >= 15 is 0 Å². The second-order valence-electron chi connectivity index (χ2n) is 3.15. The summed E-state index contributed by atoms with van der Waals surface area (Å²) in [6.07, 6.45) is 0. The molecule has 1 atom stereocenters. The molecule has 0 aliphatic rings. The van der Waals surface area contributed by atoms with Crippen LogP contribution >= 0.6 is 11.6 Å². The molecule has 90 valence electrons. The molecule has 0 N–H and O–H groups in total. The maximum atomic E-state index is 11.0. The van der Waals surface area contributed by atoms with Gasteiger partial charge in [-0.2, -0.15) is 5.26 Å². The molecule has 0 saturated carbocycles. The first-order valence-electron chi connectivity index (χ1n) is 5.09. The lowest BCUT2D eigenvalue weighted by Crippen LogP contribution is -2.14. The Hall–Kier alpha value is -1.73. The van der Waals surface area contributed by atoms with Gasteiger partial charge in [-0.15, -0.1) is 11.6 Å². The van der Waals surface area contributed by atoms with Gasteiger partial charge in [-0.05, 0) is 24.6 Å². The Morgan fingerprint density at radius 3 is 2.65 bits per heavy atom. The van der Waals surface area contributed by atoms with Crippen molar-refractivity contribution in [1.82, 2.24) is 0 Å². The van der Waals surface area contributed by atoms with Crippen LogP contribution in [0.4, 0.5) is 0 Å². The molecule has 1 unspecified atom stereocenters. The number of nitriles is 1. The number of esters is 1. The fraction of sp³-hybridized carbons (Fsp3) is 0.333. The standard InChI is InChI=1S/C12H12ClNO3/c1-2-16-12(15)8-17-10-5-3-9(4-6-10)11(13)7-14/h3-6,11H,2,8H2,1H3. The van der Waals surface area contributed by atoms with Crippen molar-refractivity contribution in [2.75, 3.05) is 13.2 Å². The fourth-order valence-corrected chi connectivity index (χ4v) is 1.30. The van der Waals surface area contributed by atoms with Crippen molar-refractivity contribution in [2.45, 2.75) is 12.3 Å². The highest BCUT2D eigenvalue weighted by Crippen LogP contribution is 2.21. The summed E-state index contributed by atoms with van der Waals surface area (Å²) in [5, 5.41) is 7.95. The van der Waals surface area contributed by atoms with Crippen molar-refractivity contribution in [3.8, 4) is 11.8 Å². The van der Waals surface area contributed by atoms with Crippen molar-refractivity contribution in [1.29, 1.82) is 5.26 Å². The number of nitrogens with zero attached hydrogens (tertiary/aromatic N) is 1. The molecule has 0 amide bonds. The fourth-order valence-electron chi connectivity index (χ4n) is 1.15.